The predicted octanol–water partition coefficient (Wildman–Crippen LogP) is 5.17. The second-order valence-corrected chi connectivity index (χ2v) is 10.3. The van der Waals surface area contributed by atoms with E-state index < -0.39 is 6.36 Å². The third kappa shape index (κ3) is 8.71. The van der Waals surface area contributed by atoms with Crippen LogP contribution in [0, 0.1) is 0 Å². The number of pyridine rings is 1. The molecule has 5 N–H and O–H groups in total. The Morgan fingerprint density at radius 1 is 1.11 bits per heavy atom. The zero-order valence-corrected chi connectivity index (χ0v) is 21.5. The maximum absolute atomic E-state index is 12.1. The maximum Gasteiger partial charge on any atom is 0.522 e. The lowest BCUT2D eigenvalue weighted by Gasteiger charge is -2.33. The highest BCUT2D eigenvalue weighted by Gasteiger charge is 2.29. The SMILES string of the molecule is NC1(CNc2cccc(-c3cc(NC4CCC(NCCOC(F)(F)F)CC4)ncc3Cl)c2)CCOCC1. The van der Waals surface area contributed by atoms with Gasteiger partial charge in [-0.15, -0.1) is 13.2 Å². The molecule has 1 saturated heterocycles. The van der Waals surface area contributed by atoms with Crippen molar-refractivity contribution in [2.24, 2.45) is 5.73 Å². The standard InChI is InChI=1S/C26H35ClF3N5O2/c27-23-16-33-24(35-20-6-4-19(5-7-20)32-10-13-37-26(28,29)30)15-22(23)18-2-1-3-21(14-18)34-17-25(31)8-11-36-12-9-25/h1-3,14-16,19-20,32,34H,4-13,17,31H2,(H,33,35). The fourth-order valence-electron chi connectivity index (χ4n) is 4.85. The number of halogens is 4. The molecule has 0 unspecified atom stereocenters. The molecule has 2 heterocycles. The third-order valence-corrected chi connectivity index (χ3v) is 7.34. The summed E-state index contributed by atoms with van der Waals surface area (Å²) < 4.78 is 45.5. The Balaban J connectivity index is 1.30. The normalized spacial score (nSPS) is 22.0. The molecule has 204 valence electrons. The van der Waals surface area contributed by atoms with Crippen LogP contribution in [-0.2, 0) is 9.47 Å². The van der Waals surface area contributed by atoms with Crippen LogP contribution < -0.4 is 21.7 Å². The smallest absolute Gasteiger partial charge is 0.383 e. The summed E-state index contributed by atoms with van der Waals surface area (Å²) in [5, 5.41) is 10.7. The number of hydrogen-bond acceptors (Lipinski definition) is 7. The number of nitrogens with two attached hydrogens (primary N) is 1. The second kappa shape index (κ2) is 12.6. The summed E-state index contributed by atoms with van der Waals surface area (Å²) in [7, 11) is 0. The maximum atomic E-state index is 12.1. The van der Waals surface area contributed by atoms with Gasteiger partial charge < -0.3 is 26.4 Å². The van der Waals surface area contributed by atoms with Gasteiger partial charge >= 0.3 is 6.36 Å². The Morgan fingerprint density at radius 2 is 1.84 bits per heavy atom. The van der Waals surface area contributed by atoms with Crippen molar-refractivity contribution in [2.45, 2.75) is 62.5 Å². The Hall–Kier alpha value is -2.11. The highest BCUT2D eigenvalue weighted by molar-refractivity contribution is 6.33. The molecule has 0 atom stereocenters. The lowest BCUT2D eigenvalue weighted by atomic mass is 9.91. The Bertz CT molecular complexity index is 1010. The quantitative estimate of drug-likeness (QED) is 0.308. The molecule has 1 aromatic carbocycles. The highest BCUT2D eigenvalue weighted by Crippen LogP contribution is 2.32. The van der Waals surface area contributed by atoms with Gasteiger partial charge in [0.25, 0.3) is 0 Å². The molecular formula is C26H35ClF3N5O2. The van der Waals surface area contributed by atoms with Crippen LogP contribution in [0.3, 0.4) is 0 Å². The van der Waals surface area contributed by atoms with Gasteiger partial charge in [0.15, 0.2) is 0 Å². The number of nitrogens with zero attached hydrogens (tertiary/aromatic N) is 1. The first kappa shape index (κ1) is 27.9. The minimum Gasteiger partial charge on any atom is -0.383 e. The van der Waals surface area contributed by atoms with Crippen molar-refractivity contribution in [1.82, 2.24) is 10.3 Å². The molecule has 0 spiro atoms. The average molecular weight is 542 g/mol. The topological polar surface area (TPSA) is 93.5 Å². The number of alkyl halides is 3. The average Bonchev–Trinajstić information content (AvgIpc) is 2.88. The fraction of sp³-hybridized carbons (Fsp3) is 0.577. The van der Waals surface area contributed by atoms with Gasteiger partial charge in [0.2, 0.25) is 0 Å². The monoisotopic (exact) mass is 541 g/mol. The largest absolute Gasteiger partial charge is 0.522 e. The van der Waals surface area contributed by atoms with E-state index in [0.717, 1.165) is 61.2 Å². The van der Waals surface area contributed by atoms with Gasteiger partial charge in [-0.1, -0.05) is 23.7 Å². The van der Waals surface area contributed by atoms with E-state index in [2.05, 4.69) is 31.7 Å². The van der Waals surface area contributed by atoms with Crippen LogP contribution in [0.1, 0.15) is 38.5 Å². The summed E-state index contributed by atoms with van der Waals surface area (Å²) in [4.78, 5) is 4.46. The molecular weight excluding hydrogens is 507 g/mol. The van der Waals surface area contributed by atoms with Crippen molar-refractivity contribution in [3.05, 3.63) is 41.6 Å². The van der Waals surface area contributed by atoms with Crippen molar-refractivity contribution in [2.75, 3.05) is 43.5 Å². The predicted molar refractivity (Wildman–Crippen MR) is 140 cm³/mol. The first-order valence-corrected chi connectivity index (χ1v) is 13.1. The molecule has 1 aliphatic heterocycles. The molecule has 2 aromatic rings. The van der Waals surface area contributed by atoms with Crippen molar-refractivity contribution in [3.8, 4) is 11.1 Å². The molecule has 0 amide bonds. The minimum atomic E-state index is -4.58. The van der Waals surface area contributed by atoms with Gasteiger partial charge in [0, 0.05) is 61.4 Å². The Morgan fingerprint density at radius 3 is 2.57 bits per heavy atom. The van der Waals surface area contributed by atoms with E-state index in [1.807, 2.05) is 24.3 Å². The molecule has 7 nitrogen and oxygen atoms in total. The van der Waals surface area contributed by atoms with Gasteiger partial charge in [0.1, 0.15) is 5.82 Å². The van der Waals surface area contributed by atoms with Crippen molar-refractivity contribution >= 4 is 23.1 Å². The number of aromatic nitrogens is 1. The minimum absolute atomic E-state index is 0.180. The number of rotatable bonds is 10. The second-order valence-electron chi connectivity index (χ2n) is 9.90. The summed E-state index contributed by atoms with van der Waals surface area (Å²) in [6.07, 6.45) is 2.25. The molecule has 0 radical (unpaired) electrons. The van der Waals surface area contributed by atoms with E-state index in [1.165, 1.54) is 0 Å². The molecule has 0 bridgehead atoms. The Labute approximate surface area is 220 Å². The first-order valence-electron chi connectivity index (χ1n) is 12.8. The molecule has 2 fully saturated rings. The molecule has 4 rings (SSSR count). The summed E-state index contributed by atoms with van der Waals surface area (Å²) >= 11 is 6.52. The first-order chi connectivity index (χ1) is 17.7. The van der Waals surface area contributed by atoms with Gasteiger partial charge in [0.05, 0.1) is 11.6 Å². The lowest BCUT2D eigenvalue weighted by molar-refractivity contribution is -0.323. The van der Waals surface area contributed by atoms with Crippen LogP contribution in [0.15, 0.2) is 36.5 Å². The van der Waals surface area contributed by atoms with Gasteiger partial charge in [-0.25, -0.2) is 4.98 Å². The van der Waals surface area contributed by atoms with Crippen LogP contribution >= 0.6 is 11.6 Å². The third-order valence-electron chi connectivity index (χ3n) is 7.04. The van der Waals surface area contributed by atoms with Crippen molar-refractivity contribution in [3.63, 3.8) is 0 Å². The number of nitrogens with one attached hydrogen (secondary N) is 3. The number of hydrogen-bond donors (Lipinski definition) is 4. The van der Waals surface area contributed by atoms with E-state index in [1.54, 1.807) is 6.20 Å². The highest BCUT2D eigenvalue weighted by atomic mass is 35.5. The van der Waals surface area contributed by atoms with Crippen LogP contribution in [0.2, 0.25) is 5.02 Å². The van der Waals surface area contributed by atoms with E-state index in [-0.39, 0.29) is 30.8 Å². The number of ether oxygens (including phenoxy) is 2. The summed E-state index contributed by atoms with van der Waals surface area (Å²) in [6, 6.07) is 10.5. The van der Waals surface area contributed by atoms with E-state index in [0.29, 0.717) is 24.8 Å². The lowest BCUT2D eigenvalue weighted by Crippen LogP contribution is -2.50. The van der Waals surface area contributed by atoms with Crippen LogP contribution in [0.5, 0.6) is 0 Å². The van der Waals surface area contributed by atoms with E-state index in [9.17, 15) is 13.2 Å². The molecule has 37 heavy (non-hydrogen) atoms. The molecule has 11 heteroatoms. The molecule has 2 aliphatic rings. The van der Waals surface area contributed by atoms with Crippen LogP contribution in [0.25, 0.3) is 11.1 Å². The van der Waals surface area contributed by atoms with Crippen molar-refractivity contribution < 1.29 is 22.6 Å². The van der Waals surface area contributed by atoms with E-state index >= 15 is 0 Å². The summed E-state index contributed by atoms with van der Waals surface area (Å²) in [5.41, 5.74) is 9.08. The zero-order valence-electron chi connectivity index (χ0n) is 20.7. The number of anilines is 2. The van der Waals surface area contributed by atoms with Crippen LogP contribution in [-0.4, -0.2) is 61.9 Å². The summed E-state index contributed by atoms with van der Waals surface area (Å²) in [5.74, 6) is 0.746. The molecule has 1 aromatic heterocycles. The van der Waals surface area contributed by atoms with Gasteiger partial charge in [-0.05, 0) is 62.3 Å². The summed E-state index contributed by atoms with van der Waals surface area (Å²) in [6.45, 7) is 1.85. The van der Waals surface area contributed by atoms with Gasteiger partial charge in [-0.2, -0.15) is 0 Å². The van der Waals surface area contributed by atoms with E-state index in [4.69, 9.17) is 22.1 Å². The number of benzene rings is 1. The fourth-order valence-corrected chi connectivity index (χ4v) is 5.06. The molecule has 1 aliphatic carbocycles. The van der Waals surface area contributed by atoms with Gasteiger partial charge in [-0.3, -0.25) is 4.74 Å². The van der Waals surface area contributed by atoms with Crippen molar-refractivity contribution in [1.29, 1.82) is 0 Å². The molecule has 1 saturated carbocycles. The zero-order chi connectivity index (χ0) is 26.3. The van der Waals surface area contributed by atoms with Crippen LogP contribution in [0.4, 0.5) is 24.7 Å². The Kier molecular flexibility index (Phi) is 9.52.